The number of nitrogens with one attached hydrogen (secondary N) is 1. The van der Waals surface area contributed by atoms with E-state index in [-0.39, 0.29) is 23.6 Å². The van der Waals surface area contributed by atoms with Crippen molar-refractivity contribution in [1.82, 2.24) is 15.2 Å². The number of carbonyl (C=O) groups excluding carboxylic acids is 3. The molecule has 2 amide bonds. The molecule has 0 unspecified atom stereocenters. The Balaban J connectivity index is 1.68. The molecule has 6 nitrogen and oxygen atoms in total. The van der Waals surface area contributed by atoms with Crippen molar-refractivity contribution in [1.29, 1.82) is 0 Å². The summed E-state index contributed by atoms with van der Waals surface area (Å²) in [4.78, 5) is 41.1. The van der Waals surface area contributed by atoms with Gasteiger partial charge in [-0.05, 0) is 37.6 Å². The second-order valence-corrected chi connectivity index (χ2v) is 6.50. The molecular weight excluding hydrogens is 330 g/mol. The summed E-state index contributed by atoms with van der Waals surface area (Å²) in [6, 6.07) is 10.8. The molecule has 0 radical (unpaired) electrons. The predicted molar refractivity (Wildman–Crippen MR) is 97.8 cm³/mol. The molecule has 1 saturated heterocycles. The van der Waals surface area contributed by atoms with E-state index in [1.54, 1.807) is 35.4 Å². The smallest absolute Gasteiger partial charge is 0.253 e. The van der Waals surface area contributed by atoms with E-state index >= 15 is 0 Å². The minimum Gasteiger partial charge on any atom is -0.352 e. The predicted octanol–water partition coefficient (Wildman–Crippen LogP) is 2.30. The average Bonchev–Trinajstić information content (AvgIpc) is 3.09. The molecule has 1 N–H and O–H groups in total. The Morgan fingerprint density at radius 1 is 1.04 bits per heavy atom. The fourth-order valence-corrected chi connectivity index (χ4v) is 3.09. The molecule has 1 aliphatic rings. The highest BCUT2D eigenvalue weighted by molar-refractivity contribution is 5.95. The second kappa shape index (κ2) is 7.47. The number of aromatic nitrogens is 1. The second-order valence-electron chi connectivity index (χ2n) is 6.50. The first-order chi connectivity index (χ1) is 12.4. The topological polar surface area (TPSA) is 79.4 Å². The van der Waals surface area contributed by atoms with Crippen LogP contribution < -0.4 is 5.32 Å². The molecule has 1 aromatic heterocycles. The highest BCUT2D eigenvalue weighted by Crippen LogP contribution is 2.20. The largest absolute Gasteiger partial charge is 0.352 e. The van der Waals surface area contributed by atoms with E-state index < -0.39 is 0 Å². The van der Waals surface area contributed by atoms with E-state index in [9.17, 15) is 14.4 Å². The number of benzene rings is 1. The summed E-state index contributed by atoms with van der Waals surface area (Å²) in [7, 11) is 0. The van der Waals surface area contributed by atoms with Gasteiger partial charge in [0.15, 0.2) is 5.78 Å². The molecule has 0 aliphatic carbocycles. The summed E-state index contributed by atoms with van der Waals surface area (Å²) in [5.41, 5.74) is 2.82. The molecular formula is C20H21N3O3. The van der Waals surface area contributed by atoms with Crippen LogP contribution in [0.2, 0.25) is 0 Å². The van der Waals surface area contributed by atoms with Crippen molar-refractivity contribution in [2.45, 2.75) is 26.3 Å². The lowest BCUT2D eigenvalue weighted by atomic mass is 10.1. The van der Waals surface area contributed by atoms with Crippen LogP contribution in [0.3, 0.4) is 0 Å². The number of ketones is 1. The quantitative estimate of drug-likeness (QED) is 0.857. The van der Waals surface area contributed by atoms with Gasteiger partial charge in [-0.3, -0.25) is 19.4 Å². The zero-order valence-corrected chi connectivity index (χ0v) is 14.9. The Bertz CT molecular complexity index is 828. The van der Waals surface area contributed by atoms with E-state index in [2.05, 4.69) is 10.3 Å². The zero-order valence-electron chi connectivity index (χ0n) is 14.9. The van der Waals surface area contributed by atoms with Gasteiger partial charge >= 0.3 is 0 Å². The maximum atomic E-state index is 12.6. The summed E-state index contributed by atoms with van der Waals surface area (Å²) in [6.45, 7) is 4.17. The molecule has 0 bridgehead atoms. The van der Waals surface area contributed by atoms with E-state index in [0.717, 1.165) is 17.7 Å². The van der Waals surface area contributed by atoms with Gasteiger partial charge in [-0.15, -0.1) is 0 Å². The molecule has 0 saturated carbocycles. The number of carbonyl (C=O) groups is 3. The number of hydrogen-bond acceptors (Lipinski definition) is 4. The Hall–Kier alpha value is -3.02. The van der Waals surface area contributed by atoms with Gasteiger partial charge < -0.3 is 10.2 Å². The van der Waals surface area contributed by atoms with Crippen molar-refractivity contribution in [2.24, 2.45) is 0 Å². The van der Waals surface area contributed by atoms with Gasteiger partial charge in [0.2, 0.25) is 5.91 Å². The minimum atomic E-state index is -0.0723. The molecule has 26 heavy (non-hydrogen) atoms. The fraction of sp³-hybridized carbons (Fsp3) is 0.300. The monoisotopic (exact) mass is 351 g/mol. The van der Waals surface area contributed by atoms with Crippen LogP contribution in [0.4, 0.5) is 0 Å². The molecule has 2 aromatic rings. The van der Waals surface area contributed by atoms with Gasteiger partial charge in [-0.25, -0.2) is 0 Å². The third kappa shape index (κ3) is 3.96. The molecule has 134 valence electrons. The van der Waals surface area contributed by atoms with Crippen LogP contribution in [0.1, 0.15) is 41.0 Å². The SMILES string of the molecule is CC(=O)N[C@H]1CCN(C(=O)c2ccc(-c3ccc(C(C)=O)cn3)cc2)C1. The lowest BCUT2D eigenvalue weighted by Gasteiger charge is -2.17. The fourth-order valence-electron chi connectivity index (χ4n) is 3.09. The molecule has 1 atom stereocenters. The summed E-state index contributed by atoms with van der Waals surface area (Å²) in [6.07, 6.45) is 2.33. The molecule has 6 heteroatoms. The van der Waals surface area contributed by atoms with Gasteiger partial charge in [-0.2, -0.15) is 0 Å². The Labute approximate surface area is 152 Å². The first-order valence-corrected chi connectivity index (χ1v) is 8.58. The van der Waals surface area contributed by atoms with E-state index in [4.69, 9.17) is 0 Å². The van der Waals surface area contributed by atoms with Crippen molar-refractivity contribution < 1.29 is 14.4 Å². The average molecular weight is 351 g/mol. The number of nitrogens with zero attached hydrogens (tertiary/aromatic N) is 2. The van der Waals surface area contributed by atoms with Crippen LogP contribution >= 0.6 is 0 Å². The zero-order chi connectivity index (χ0) is 18.7. The van der Waals surface area contributed by atoms with Gasteiger partial charge in [-0.1, -0.05) is 12.1 Å². The normalized spacial score (nSPS) is 16.4. The van der Waals surface area contributed by atoms with Crippen LogP contribution in [0.25, 0.3) is 11.3 Å². The Morgan fingerprint density at radius 3 is 2.31 bits per heavy atom. The van der Waals surface area contributed by atoms with Crippen LogP contribution in [0.15, 0.2) is 42.6 Å². The van der Waals surface area contributed by atoms with Crippen molar-refractivity contribution >= 4 is 17.6 Å². The number of amides is 2. The first-order valence-electron chi connectivity index (χ1n) is 8.58. The van der Waals surface area contributed by atoms with Gasteiger partial charge in [0.25, 0.3) is 5.91 Å². The summed E-state index contributed by atoms with van der Waals surface area (Å²) in [5.74, 6) is -0.130. The van der Waals surface area contributed by atoms with Crippen molar-refractivity contribution in [3.63, 3.8) is 0 Å². The van der Waals surface area contributed by atoms with Crippen LogP contribution in [-0.2, 0) is 4.79 Å². The number of rotatable bonds is 4. The number of pyridine rings is 1. The third-order valence-electron chi connectivity index (χ3n) is 4.48. The maximum Gasteiger partial charge on any atom is 0.253 e. The summed E-state index contributed by atoms with van der Waals surface area (Å²) >= 11 is 0. The molecule has 1 aliphatic heterocycles. The molecule has 3 rings (SSSR count). The van der Waals surface area contributed by atoms with Gasteiger partial charge in [0.1, 0.15) is 0 Å². The molecule has 0 spiro atoms. The number of hydrogen-bond donors (Lipinski definition) is 1. The maximum absolute atomic E-state index is 12.6. The van der Waals surface area contributed by atoms with E-state index in [1.165, 1.54) is 13.8 Å². The number of Topliss-reactive ketones (excluding diaryl/α,β-unsaturated/α-hetero) is 1. The Morgan fingerprint density at radius 2 is 1.73 bits per heavy atom. The van der Waals surface area contributed by atoms with Gasteiger partial charge in [0.05, 0.1) is 5.69 Å². The van der Waals surface area contributed by atoms with Gasteiger partial charge in [0, 0.05) is 48.9 Å². The van der Waals surface area contributed by atoms with Crippen LogP contribution in [-0.4, -0.2) is 46.6 Å². The van der Waals surface area contributed by atoms with Crippen molar-refractivity contribution in [3.05, 3.63) is 53.7 Å². The summed E-state index contributed by atoms with van der Waals surface area (Å²) < 4.78 is 0. The van der Waals surface area contributed by atoms with Crippen molar-refractivity contribution in [2.75, 3.05) is 13.1 Å². The molecule has 1 aromatic carbocycles. The standard InChI is InChI=1S/C20H21N3O3/c1-13(24)17-7-8-19(21-11-17)15-3-5-16(6-4-15)20(26)23-10-9-18(12-23)22-14(2)25/h3-8,11,18H,9-10,12H2,1-2H3,(H,22,25)/t18-/m0/s1. The molecule has 2 heterocycles. The first kappa shape index (κ1) is 17.8. The van der Waals surface area contributed by atoms with Crippen LogP contribution in [0, 0.1) is 0 Å². The van der Waals surface area contributed by atoms with Crippen molar-refractivity contribution in [3.8, 4) is 11.3 Å². The highest BCUT2D eigenvalue weighted by Gasteiger charge is 2.27. The lowest BCUT2D eigenvalue weighted by molar-refractivity contribution is -0.119. The third-order valence-corrected chi connectivity index (χ3v) is 4.48. The minimum absolute atomic E-state index is 0.0202. The van der Waals surface area contributed by atoms with Crippen LogP contribution in [0.5, 0.6) is 0 Å². The summed E-state index contributed by atoms with van der Waals surface area (Å²) in [5, 5.41) is 2.86. The highest BCUT2D eigenvalue weighted by atomic mass is 16.2. The van der Waals surface area contributed by atoms with E-state index in [1.807, 2.05) is 12.1 Å². The Kier molecular flexibility index (Phi) is 5.11. The molecule has 1 fully saturated rings. The van der Waals surface area contributed by atoms with E-state index in [0.29, 0.717) is 24.2 Å². The number of likely N-dealkylation sites (tertiary alicyclic amines) is 1. The lowest BCUT2D eigenvalue weighted by Crippen LogP contribution is -2.37.